The second-order valence-electron chi connectivity index (χ2n) is 6.77. The highest BCUT2D eigenvalue weighted by molar-refractivity contribution is 6.31. The Labute approximate surface area is 157 Å². The van der Waals surface area contributed by atoms with Gasteiger partial charge in [0.1, 0.15) is 5.82 Å². The van der Waals surface area contributed by atoms with Gasteiger partial charge in [-0.15, -0.1) is 0 Å². The van der Waals surface area contributed by atoms with E-state index in [-0.39, 0.29) is 5.91 Å². The monoisotopic (exact) mass is 368 g/mol. The number of amides is 1. The molecular formula is C20H21ClN4O. The lowest BCUT2D eigenvalue weighted by atomic mass is 10.1. The minimum Gasteiger partial charge on any atom is -0.370 e. The molecule has 0 spiro atoms. The number of pyridine rings is 1. The average Bonchev–Trinajstić information content (AvgIpc) is 3.40. The number of carbonyl (C=O) groups is 1. The molecule has 0 aliphatic heterocycles. The van der Waals surface area contributed by atoms with Crippen LogP contribution in [0.4, 0.5) is 5.82 Å². The molecule has 5 nitrogen and oxygen atoms in total. The van der Waals surface area contributed by atoms with E-state index in [1.54, 1.807) is 6.20 Å². The van der Waals surface area contributed by atoms with E-state index < -0.39 is 0 Å². The van der Waals surface area contributed by atoms with Gasteiger partial charge in [0, 0.05) is 41.4 Å². The Morgan fingerprint density at radius 2 is 2.15 bits per heavy atom. The number of nitrogens with zero attached hydrogens (tertiary/aromatic N) is 1. The molecule has 3 N–H and O–H groups in total. The molecule has 6 heteroatoms. The van der Waals surface area contributed by atoms with Gasteiger partial charge in [-0.2, -0.15) is 0 Å². The molecule has 2 heterocycles. The van der Waals surface area contributed by atoms with Gasteiger partial charge >= 0.3 is 0 Å². The maximum Gasteiger partial charge on any atom is 0.252 e. The van der Waals surface area contributed by atoms with Crippen LogP contribution in [0.5, 0.6) is 0 Å². The number of benzene rings is 1. The summed E-state index contributed by atoms with van der Waals surface area (Å²) in [5.74, 6) is 1.51. The third-order valence-electron chi connectivity index (χ3n) is 4.70. The first kappa shape index (κ1) is 16.9. The van der Waals surface area contributed by atoms with Crippen LogP contribution >= 0.6 is 11.6 Å². The van der Waals surface area contributed by atoms with Crippen LogP contribution in [0.2, 0.25) is 5.02 Å². The number of fused-ring (bicyclic) bond motifs is 1. The molecule has 134 valence electrons. The second kappa shape index (κ2) is 7.38. The smallest absolute Gasteiger partial charge is 0.252 e. The van der Waals surface area contributed by atoms with Crippen molar-refractivity contribution in [1.82, 2.24) is 15.3 Å². The van der Waals surface area contributed by atoms with Crippen molar-refractivity contribution in [2.75, 3.05) is 18.4 Å². The van der Waals surface area contributed by atoms with Gasteiger partial charge in [-0.3, -0.25) is 4.79 Å². The molecule has 1 aromatic carbocycles. The fraction of sp³-hybridized carbons (Fsp3) is 0.300. The summed E-state index contributed by atoms with van der Waals surface area (Å²) in [6.07, 6.45) is 6.95. The molecule has 1 amide bonds. The standard InChI is InChI=1S/C20H21ClN4O/c21-16-4-5-17-14(11-23-18(17)9-16)7-8-22-20(26)15-3-6-19(25-12-15)24-10-13-1-2-13/h3-6,9,11-13,23H,1-2,7-8,10H2,(H,22,26)(H,24,25). The fourth-order valence-electron chi connectivity index (χ4n) is 2.98. The summed E-state index contributed by atoms with van der Waals surface area (Å²) in [6, 6.07) is 9.46. The van der Waals surface area contributed by atoms with Gasteiger partial charge in [0.15, 0.2) is 0 Å². The summed E-state index contributed by atoms with van der Waals surface area (Å²) in [6.45, 7) is 1.53. The number of H-pyrrole nitrogens is 1. The van der Waals surface area contributed by atoms with E-state index in [0.29, 0.717) is 17.1 Å². The quantitative estimate of drug-likeness (QED) is 0.590. The van der Waals surface area contributed by atoms with Crippen LogP contribution in [0.25, 0.3) is 10.9 Å². The molecule has 0 radical (unpaired) electrons. The molecule has 2 aromatic heterocycles. The first-order valence-electron chi connectivity index (χ1n) is 8.93. The van der Waals surface area contributed by atoms with Crippen molar-refractivity contribution in [2.24, 2.45) is 5.92 Å². The Morgan fingerprint density at radius 1 is 1.27 bits per heavy atom. The number of hydrogen-bond donors (Lipinski definition) is 3. The maximum absolute atomic E-state index is 12.3. The highest BCUT2D eigenvalue weighted by Gasteiger charge is 2.20. The first-order chi connectivity index (χ1) is 12.7. The Morgan fingerprint density at radius 3 is 2.92 bits per heavy atom. The van der Waals surface area contributed by atoms with Crippen LogP contribution in [0.1, 0.15) is 28.8 Å². The number of carbonyl (C=O) groups excluding carboxylic acids is 1. The molecule has 4 rings (SSSR count). The van der Waals surface area contributed by atoms with Crippen LogP contribution < -0.4 is 10.6 Å². The molecule has 0 unspecified atom stereocenters. The molecule has 0 atom stereocenters. The van der Waals surface area contributed by atoms with Gasteiger partial charge in [-0.1, -0.05) is 17.7 Å². The molecule has 0 bridgehead atoms. The third kappa shape index (κ3) is 3.99. The second-order valence-corrected chi connectivity index (χ2v) is 7.20. The SMILES string of the molecule is O=C(NCCc1c[nH]c2cc(Cl)ccc12)c1ccc(NCC2CC2)nc1. The van der Waals surface area contributed by atoms with E-state index in [9.17, 15) is 4.79 Å². The van der Waals surface area contributed by atoms with Crippen LogP contribution in [0.15, 0.2) is 42.7 Å². The normalized spacial score (nSPS) is 13.7. The van der Waals surface area contributed by atoms with Crippen LogP contribution in [-0.2, 0) is 6.42 Å². The van der Waals surface area contributed by atoms with Crippen molar-refractivity contribution in [3.63, 3.8) is 0 Å². The molecule has 1 saturated carbocycles. The largest absolute Gasteiger partial charge is 0.370 e. The summed E-state index contributed by atoms with van der Waals surface area (Å²) >= 11 is 6.00. The van der Waals surface area contributed by atoms with Gasteiger partial charge in [-0.25, -0.2) is 4.98 Å². The lowest BCUT2D eigenvalue weighted by Gasteiger charge is -2.07. The zero-order valence-electron chi connectivity index (χ0n) is 14.4. The molecule has 0 saturated heterocycles. The molecular weight excluding hydrogens is 348 g/mol. The molecule has 1 aliphatic rings. The molecule has 1 fully saturated rings. The van der Waals surface area contributed by atoms with Crippen LogP contribution in [0.3, 0.4) is 0 Å². The number of hydrogen-bond acceptors (Lipinski definition) is 3. The van der Waals surface area contributed by atoms with E-state index >= 15 is 0 Å². The molecule has 3 aromatic rings. The predicted octanol–water partition coefficient (Wildman–Crippen LogP) is 4.01. The van der Waals surface area contributed by atoms with Crippen molar-refractivity contribution in [1.29, 1.82) is 0 Å². The topological polar surface area (TPSA) is 69.8 Å². The van der Waals surface area contributed by atoms with Gasteiger partial charge in [0.2, 0.25) is 0 Å². The van der Waals surface area contributed by atoms with Crippen molar-refractivity contribution >= 4 is 34.2 Å². The zero-order chi connectivity index (χ0) is 17.9. The highest BCUT2D eigenvalue weighted by Crippen LogP contribution is 2.28. The van der Waals surface area contributed by atoms with Crippen molar-refractivity contribution < 1.29 is 4.79 Å². The highest BCUT2D eigenvalue weighted by atomic mass is 35.5. The van der Waals surface area contributed by atoms with Gasteiger partial charge in [0.25, 0.3) is 5.91 Å². The summed E-state index contributed by atoms with van der Waals surface area (Å²) < 4.78 is 0. The zero-order valence-corrected chi connectivity index (χ0v) is 15.1. The number of aromatic nitrogens is 2. The predicted molar refractivity (Wildman–Crippen MR) is 105 cm³/mol. The average molecular weight is 369 g/mol. The van der Waals surface area contributed by atoms with E-state index in [4.69, 9.17) is 11.6 Å². The Balaban J connectivity index is 1.30. The Kier molecular flexibility index (Phi) is 4.80. The summed E-state index contributed by atoms with van der Waals surface area (Å²) in [4.78, 5) is 19.8. The Bertz CT molecular complexity index is 915. The van der Waals surface area contributed by atoms with Crippen molar-refractivity contribution in [3.05, 3.63) is 58.9 Å². The lowest BCUT2D eigenvalue weighted by Crippen LogP contribution is -2.25. The maximum atomic E-state index is 12.3. The number of rotatable bonds is 7. The third-order valence-corrected chi connectivity index (χ3v) is 4.94. The van der Waals surface area contributed by atoms with Gasteiger partial charge in [0.05, 0.1) is 5.56 Å². The van der Waals surface area contributed by atoms with Crippen LogP contribution in [-0.4, -0.2) is 29.0 Å². The van der Waals surface area contributed by atoms with Crippen molar-refractivity contribution in [2.45, 2.75) is 19.3 Å². The van der Waals surface area contributed by atoms with E-state index in [2.05, 4.69) is 20.6 Å². The van der Waals surface area contributed by atoms with Crippen LogP contribution in [0, 0.1) is 5.92 Å². The van der Waals surface area contributed by atoms with E-state index in [1.165, 1.54) is 12.8 Å². The summed E-state index contributed by atoms with van der Waals surface area (Å²) in [7, 11) is 0. The van der Waals surface area contributed by atoms with E-state index in [1.807, 2.05) is 36.5 Å². The minimum atomic E-state index is -0.103. The first-order valence-corrected chi connectivity index (χ1v) is 9.30. The number of anilines is 1. The number of nitrogens with one attached hydrogen (secondary N) is 3. The Hall–Kier alpha value is -2.53. The number of halogens is 1. The van der Waals surface area contributed by atoms with Gasteiger partial charge < -0.3 is 15.6 Å². The van der Waals surface area contributed by atoms with Gasteiger partial charge in [-0.05, 0) is 55.0 Å². The minimum absolute atomic E-state index is 0.103. The van der Waals surface area contributed by atoms with E-state index in [0.717, 1.165) is 41.2 Å². The summed E-state index contributed by atoms with van der Waals surface area (Å²) in [5.41, 5.74) is 2.75. The molecule has 1 aliphatic carbocycles. The lowest BCUT2D eigenvalue weighted by molar-refractivity contribution is 0.0954. The summed E-state index contributed by atoms with van der Waals surface area (Å²) in [5, 5.41) is 8.10. The molecule has 26 heavy (non-hydrogen) atoms. The number of aromatic amines is 1. The van der Waals surface area contributed by atoms with Crippen molar-refractivity contribution in [3.8, 4) is 0 Å². The fourth-order valence-corrected chi connectivity index (χ4v) is 3.15.